The number of carbonyl (C=O) groups is 1. The van der Waals surface area contributed by atoms with E-state index in [1.54, 1.807) is 6.07 Å². The molecule has 0 saturated heterocycles. The molecule has 0 saturated carbocycles. The van der Waals surface area contributed by atoms with E-state index in [9.17, 15) is 4.79 Å². The summed E-state index contributed by atoms with van der Waals surface area (Å²) in [6.45, 7) is 4.07. The lowest BCUT2D eigenvalue weighted by molar-refractivity contribution is 0.102. The van der Waals surface area contributed by atoms with Gasteiger partial charge >= 0.3 is 0 Å². The van der Waals surface area contributed by atoms with Gasteiger partial charge in [0, 0.05) is 16.5 Å². The Balaban J connectivity index is 1.53. The number of para-hydroxylation sites is 1. The molecule has 0 bridgehead atoms. The molecule has 0 radical (unpaired) electrons. The number of rotatable bonds is 4. The van der Waals surface area contributed by atoms with Gasteiger partial charge in [-0.15, -0.1) is 11.3 Å². The summed E-state index contributed by atoms with van der Waals surface area (Å²) >= 11 is 1.35. The van der Waals surface area contributed by atoms with Gasteiger partial charge in [0.15, 0.2) is 16.6 Å². The number of benzene rings is 1. The van der Waals surface area contributed by atoms with E-state index in [-0.39, 0.29) is 11.8 Å². The number of hydrogen-bond donors (Lipinski definition) is 2. The second kappa shape index (κ2) is 6.18. The van der Waals surface area contributed by atoms with Crippen molar-refractivity contribution in [1.82, 2.24) is 15.2 Å². The summed E-state index contributed by atoms with van der Waals surface area (Å²) in [5.41, 5.74) is 2.78. The first kappa shape index (κ1) is 15.6. The fourth-order valence-corrected chi connectivity index (χ4v) is 3.16. The van der Waals surface area contributed by atoms with Crippen LogP contribution in [-0.2, 0) is 0 Å². The molecule has 3 aromatic heterocycles. The molecule has 126 valence electrons. The van der Waals surface area contributed by atoms with Gasteiger partial charge in [0.25, 0.3) is 5.91 Å². The van der Waals surface area contributed by atoms with Crippen LogP contribution in [0.1, 0.15) is 35.9 Å². The molecule has 0 atom stereocenters. The normalized spacial score (nSPS) is 11.3. The fourth-order valence-electron chi connectivity index (χ4n) is 2.46. The Hall–Kier alpha value is -2.93. The van der Waals surface area contributed by atoms with Crippen molar-refractivity contribution < 1.29 is 9.21 Å². The molecule has 0 unspecified atom stereocenters. The van der Waals surface area contributed by atoms with Gasteiger partial charge in [-0.3, -0.25) is 15.2 Å². The van der Waals surface area contributed by atoms with Crippen LogP contribution in [0, 0.1) is 0 Å². The summed E-state index contributed by atoms with van der Waals surface area (Å²) in [4.78, 5) is 16.7. The Morgan fingerprint density at radius 1 is 1.28 bits per heavy atom. The highest BCUT2D eigenvalue weighted by Crippen LogP contribution is 2.30. The maximum atomic E-state index is 12.3. The molecular weight excluding hydrogens is 336 g/mol. The average Bonchev–Trinajstić information content (AvgIpc) is 3.33. The van der Waals surface area contributed by atoms with Crippen LogP contribution in [0.25, 0.3) is 22.4 Å². The highest BCUT2D eigenvalue weighted by atomic mass is 32.1. The molecule has 0 aliphatic rings. The Morgan fingerprint density at radius 2 is 2.12 bits per heavy atom. The van der Waals surface area contributed by atoms with Crippen molar-refractivity contribution in [3.8, 4) is 11.5 Å². The van der Waals surface area contributed by atoms with Crippen molar-refractivity contribution in [2.45, 2.75) is 19.8 Å². The molecule has 25 heavy (non-hydrogen) atoms. The van der Waals surface area contributed by atoms with Gasteiger partial charge in [0.1, 0.15) is 11.3 Å². The summed E-state index contributed by atoms with van der Waals surface area (Å²) in [7, 11) is 0. The Morgan fingerprint density at radius 3 is 2.88 bits per heavy atom. The Bertz CT molecular complexity index is 1010. The number of aromatic nitrogens is 3. The second-order valence-corrected chi connectivity index (χ2v) is 6.86. The lowest BCUT2D eigenvalue weighted by atomic mass is 10.1. The van der Waals surface area contributed by atoms with Crippen molar-refractivity contribution in [3.63, 3.8) is 0 Å². The summed E-state index contributed by atoms with van der Waals surface area (Å²) in [5.74, 6) is 0.682. The second-order valence-electron chi connectivity index (χ2n) is 6.00. The van der Waals surface area contributed by atoms with Gasteiger partial charge < -0.3 is 4.42 Å². The summed E-state index contributed by atoms with van der Waals surface area (Å²) in [5, 5.41) is 13.1. The lowest BCUT2D eigenvalue weighted by Gasteiger charge is -1.98. The number of amides is 1. The third kappa shape index (κ3) is 3.06. The number of H-pyrrole nitrogens is 1. The topological polar surface area (TPSA) is 83.8 Å². The molecule has 4 aromatic rings. The van der Waals surface area contributed by atoms with Crippen LogP contribution >= 0.6 is 11.3 Å². The largest absolute Gasteiger partial charge is 0.454 e. The molecular formula is C18H16N4O2S. The molecule has 0 spiro atoms. The number of carbonyl (C=O) groups excluding carboxylic acids is 1. The first-order chi connectivity index (χ1) is 12.1. The van der Waals surface area contributed by atoms with Gasteiger partial charge in [0.2, 0.25) is 0 Å². The van der Waals surface area contributed by atoms with Gasteiger partial charge in [-0.25, -0.2) is 4.98 Å². The van der Waals surface area contributed by atoms with E-state index >= 15 is 0 Å². The molecule has 0 fully saturated rings. The van der Waals surface area contributed by atoms with Crippen LogP contribution in [0.15, 0.2) is 46.2 Å². The van der Waals surface area contributed by atoms with Crippen molar-refractivity contribution >= 4 is 33.3 Å². The Labute approximate surface area is 147 Å². The SMILES string of the molecule is CC(C)c1cc(C(=O)Nc2nc(-c3cc4ccccc4o3)cs2)n[nH]1. The maximum absolute atomic E-state index is 12.3. The predicted octanol–water partition coefficient (Wildman–Crippen LogP) is 4.66. The number of anilines is 1. The number of nitrogens with zero attached hydrogens (tertiary/aromatic N) is 2. The zero-order valence-corrected chi connectivity index (χ0v) is 14.6. The number of hydrogen-bond acceptors (Lipinski definition) is 5. The molecule has 1 aromatic carbocycles. The first-order valence-electron chi connectivity index (χ1n) is 7.91. The van der Waals surface area contributed by atoms with Crippen LogP contribution in [0.4, 0.5) is 5.13 Å². The molecule has 2 N–H and O–H groups in total. The summed E-state index contributed by atoms with van der Waals surface area (Å²) < 4.78 is 5.80. The van der Waals surface area contributed by atoms with Gasteiger partial charge in [-0.2, -0.15) is 5.10 Å². The van der Waals surface area contributed by atoms with Gasteiger partial charge in [-0.1, -0.05) is 32.0 Å². The van der Waals surface area contributed by atoms with E-state index in [2.05, 4.69) is 20.5 Å². The number of aromatic amines is 1. The van der Waals surface area contributed by atoms with Crippen LogP contribution in [-0.4, -0.2) is 21.1 Å². The van der Waals surface area contributed by atoms with Crippen molar-refractivity contribution in [2.24, 2.45) is 0 Å². The lowest BCUT2D eigenvalue weighted by Crippen LogP contribution is -2.12. The quantitative estimate of drug-likeness (QED) is 0.560. The van der Waals surface area contributed by atoms with E-state index < -0.39 is 0 Å². The standard InChI is InChI=1S/C18H16N4O2S/c1-10(2)12-8-13(22-21-12)17(23)20-18-19-14(9-25-18)16-7-11-5-3-4-6-15(11)24-16/h3-10H,1-2H3,(H,21,22)(H,19,20,23). The molecule has 0 aliphatic carbocycles. The number of fused-ring (bicyclic) bond motifs is 1. The van der Waals surface area contributed by atoms with Crippen LogP contribution in [0.3, 0.4) is 0 Å². The number of nitrogens with one attached hydrogen (secondary N) is 2. The Kier molecular flexibility index (Phi) is 3.85. The van der Waals surface area contributed by atoms with Crippen LogP contribution < -0.4 is 5.32 Å². The first-order valence-corrected chi connectivity index (χ1v) is 8.79. The van der Waals surface area contributed by atoms with Crippen molar-refractivity contribution in [2.75, 3.05) is 5.32 Å². The highest BCUT2D eigenvalue weighted by molar-refractivity contribution is 7.14. The third-order valence-corrected chi connectivity index (χ3v) is 4.61. The molecule has 1 amide bonds. The molecule has 3 heterocycles. The molecule has 4 rings (SSSR count). The molecule has 7 heteroatoms. The minimum absolute atomic E-state index is 0.284. The summed E-state index contributed by atoms with van der Waals surface area (Å²) in [6.07, 6.45) is 0. The van der Waals surface area contributed by atoms with E-state index in [0.717, 1.165) is 16.7 Å². The van der Waals surface area contributed by atoms with E-state index in [4.69, 9.17) is 4.42 Å². The highest BCUT2D eigenvalue weighted by Gasteiger charge is 2.15. The van der Waals surface area contributed by atoms with Crippen molar-refractivity contribution in [1.29, 1.82) is 0 Å². The van der Waals surface area contributed by atoms with E-state index in [1.165, 1.54) is 11.3 Å². The van der Waals surface area contributed by atoms with Crippen molar-refractivity contribution in [3.05, 3.63) is 53.2 Å². The minimum atomic E-state index is -0.284. The number of furan rings is 1. The summed E-state index contributed by atoms with van der Waals surface area (Å²) in [6, 6.07) is 11.5. The zero-order chi connectivity index (χ0) is 17.4. The maximum Gasteiger partial charge on any atom is 0.277 e. The molecule has 0 aliphatic heterocycles. The zero-order valence-electron chi connectivity index (χ0n) is 13.7. The van der Waals surface area contributed by atoms with Crippen LogP contribution in [0.5, 0.6) is 0 Å². The van der Waals surface area contributed by atoms with E-state index in [1.807, 2.05) is 49.6 Å². The van der Waals surface area contributed by atoms with Gasteiger partial charge in [-0.05, 0) is 24.1 Å². The molecule has 6 nitrogen and oxygen atoms in total. The van der Waals surface area contributed by atoms with Gasteiger partial charge in [0.05, 0.1) is 0 Å². The average molecular weight is 352 g/mol. The monoisotopic (exact) mass is 352 g/mol. The smallest absolute Gasteiger partial charge is 0.277 e. The number of thiazole rings is 1. The minimum Gasteiger partial charge on any atom is -0.454 e. The predicted molar refractivity (Wildman–Crippen MR) is 98.0 cm³/mol. The fraction of sp³-hybridized carbons (Fsp3) is 0.167. The van der Waals surface area contributed by atoms with E-state index in [0.29, 0.717) is 22.3 Å². The van der Waals surface area contributed by atoms with Crippen LogP contribution in [0.2, 0.25) is 0 Å². The third-order valence-electron chi connectivity index (χ3n) is 3.85.